The van der Waals surface area contributed by atoms with E-state index >= 15 is 0 Å². The molecule has 1 N–H and O–H groups in total. The predicted molar refractivity (Wildman–Crippen MR) is 92.9 cm³/mol. The Morgan fingerprint density at radius 3 is 2.35 bits per heavy atom. The SMILES string of the molecule is O=C(c1cccnc1)N1CCN(C(=O)c2ccc3oc(=O)[nH]c3c2)CC1. The number of hydrogen-bond donors (Lipinski definition) is 1. The van der Waals surface area contributed by atoms with Crippen molar-refractivity contribution in [2.24, 2.45) is 0 Å². The van der Waals surface area contributed by atoms with Gasteiger partial charge in [-0.3, -0.25) is 19.6 Å². The fourth-order valence-electron chi connectivity index (χ4n) is 3.05. The van der Waals surface area contributed by atoms with Crippen LogP contribution in [0.25, 0.3) is 11.1 Å². The highest BCUT2D eigenvalue weighted by molar-refractivity contribution is 5.97. The summed E-state index contributed by atoms with van der Waals surface area (Å²) in [5, 5.41) is 0. The minimum Gasteiger partial charge on any atom is -0.408 e. The molecular formula is C18H16N4O4. The van der Waals surface area contributed by atoms with E-state index in [2.05, 4.69) is 9.97 Å². The van der Waals surface area contributed by atoms with Gasteiger partial charge in [0.15, 0.2) is 5.58 Å². The largest absolute Gasteiger partial charge is 0.417 e. The van der Waals surface area contributed by atoms with Gasteiger partial charge in [-0.15, -0.1) is 0 Å². The van der Waals surface area contributed by atoms with Gasteiger partial charge in [-0.25, -0.2) is 4.79 Å². The molecule has 8 heteroatoms. The molecule has 0 unspecified atom stereocenters. The Labute approximate surface area is 148 Å². The molecule has 132 valence electrons. The quantitative estimate of drug-likeness (QED) is 0.745. The number of carbonyl (C=O) groups excluding carboxylic acids is 2. The van der Waals surface area contributed by atoms with Crippen LogP contribution < -0.4 is 5.76 Å². The van der Waals surface area contributed by atoms with Gasteiger partial charge in [0.05, 0.1) is 11.1 Å². The Morgan fingerprint density at radius 2 is 1.69 bits per heavy atom. The number of nitrogens with zero attached hydrogens (tertiary/aromatic N) is 3. The first kappa shape index (κ1) is 16.1. The number of piperazine rings is 1. The lowest BCUT2D eigenvalue weighted by Gasteiger charge is -2.34. The van der Waals surface area contributed by atoms with Crippen LogP contribution in [0.4, 0.5) is 0 Å². The third kappa shape index (κ3) is 2.97. The zero-order valence-corrected chi connectivity index (χ0v) is 13.8. The van der Waals surface area contributed by atoms with Crippen molar-refractivity contribution < 1.29 is 14.0 Å². The normalized spacial score (nSPS) is 14.6. The standard InChI is InChI=1S/C18H16N4O4/c23-16(12-3-4-15-14(10-12)20-18(25)26-15)21-6-8-22(9-7-21)17(24)13-2-1-5-19-11-13/h1-5,10-11H,6-9H2,(H,20,25). The molecule has 0 radical (unpaired) electrons. The maximum atomic E-state index is 12.7. The lowest BCUT2D eigenvalue weighted by atomic mass is 10.1. The number of rotatable bonds is 2. The minimum absolute atomic E-state index is 0.0809. The zero-order chi connectivity index (χ0) is 18.1. The number of hydrogen-bond acceptors (Lipinski definition) is 5. The van der Waals surface area contributed by atoms with Crippen molar-refractivity contribution >= 4 is 22.9 Å². The summed E-state index contributed by atoms with van der Waals surface area (Å²) in [6, 6.07) is 8.30. The van der Waals surface area contributed by atoms with E-state index in [1.165, 1.54) is 0 Å². The third-order valence-corrected chi connectivity index (χ3v) is 4.43. The minimum atomic E-state index is -0.549. The summed E-state index contributed by atoms with van der Waals surface area (Å²) < 4.78 is 4.95. The lowest BCUT2D eigenvalue weighted by Crippen LogP contribution is -2.50. The van der Waals surface area contributed by atoms with Gasteiger partial charge in [0, 0.05) is 44.1 Å². The van der Waals surface area contributed by atoms with Crippen LogP contribution in [0.2, 0.25) is 0 Å². The van der Waals surface area contributed by atoms with Gasteiger partial charge in [-0.1, -0.05) is 0 Å². The number of benzene rings is 1. The predicted octanol–water partition coefficient (Wildman–Crippen LogP) is 1.11. The molecule has 1 aromatic carbocycles. The maximum Gasteiger partial charge on any atom is 0.417 e. The average Bonchev–Trinajstić information content (AvgIpc) is 3.07. The molecule has 1 aliphatic heterocycles. The van der Waals surface area contributed by atoms with Crippen molar-refractivity contribution in [3.05, 3.63) is 64.4 Å². The summed E-state index contributed by atoms with van der Waals surface area (Å²) in [5.41, 5.74) is 1.92. The zero-order valence-electron chi connectivity index (χ0n) is 13.8. The Kier molecular flexibility index (Phi) is 4.00. The van der Waals surface area contributed by atoms with E-state index in [4.69, 9.17) is 4.42 Å². The number of H-pyrrole nitrogens is 1. The number of aromatic nitrogens is 2. The van der Waals surface area contributed by atoms with Crippen molar-refractivity contribution in [2.45, 2.75) is 0 Å². The van der Waals surface area contributed by atoms with E-state index in [0.29, 0.717) is 48.4 Å². The monoisotopic (exact) mass is 352 g/mol. The molecule has 0 atom stereocenters. The molecule has 0 bridgehead atoms. The fraction of sp³-hybridized carbons (Fsp3) is 0.222. The summed E-state index contributed by atoms with van der Waals surface area (Å²) in [6.45, 7) is 1.82. The molecule has 2 amide bonds. The van der Waals surface area contributed by atoms with Gasteiger partial charge in [-0.2, -0.15) is 0 Å². The lowest BCUT2D eigenvalue weighted by molar-refractivity contribution is 0.0535. The highest BCUT2D eigenvalue weighted by atomic mass is 16.4. The molecule has 0 saturated carbocycles. The number of nitrogens with one attached hydrogen (secondary N) is 1. The molecule has 0 aliphatic carbocycles. The molecule has 2 aromatic heterocycles. The van der Waals surface area contributed by atoms with Crippen LogP contribution in [-0.4, -0.2) is 57.8 Å². The summed E-state index contributed by atoms with van der Waals surface area (Å²) in [7, 11) is 0. The molecule has 4 rings (SSSR count). The van der Waals surface area contributed by atoms with E-state index in [9.17, 15) is 14.4 Å². The second kappa shape index (κ2) is 6.47. The van der Waals surface area contributed by atoms with Crippen LogP contribution in [0.5, 0.6) is 0 Å². The molecule has 0 spiro atoms. The maximum absolute atomic E-state index is 12.7. The van der Waals surface area contributed by atoms with Crippen LogP contribution in [-0.2, 0) is 0 Å². The Hall–Kier alpha value is -3.42. The molecule has 3 aromatic rings. The fourth-order valence-corrected chi connectivity index (χ4v) is 3.05. The van der Waals surface area contributed by atoms with Gasteiger partial charge < -0.3 is 14.2 Å². The second-order valence-corrected chi connectivity index (χ2v) is 6.05. The summed E-state index contributed by atoms with van der Waals surface area (Å²) >= 11 is 0. The molecule has 26 heavy (non-hydrogen) atoms. The summed E-state index contributed by atoms with van der Waals surface area (Å²) in [6.07, 6.45) is 3.16. The van der Waals surface area contributed by atoms with E-state index < -0.39 is 5.76 Å². The first-order valence-corrected chi connectivity index (χ1v) is 8.23. The molecular weight excluding hydrogens is 336 g/mol. The average molecular weight is 352 g/mol. The molecule has 8 nitrogen and oxygen atoms in total. The summed E-state index contributed by atoms with van der Waals surface area (Å²) in [4.78, 5) is 46.3. The smallest absolute Gasteiger partial charge is 0.408 e. The number of fused-ring (bicyclic) bond motifs is 1. The number of amides is 2. The van der Waals surface area contributed by atoms with E-state index in [1.54, 1.807) is 52.5 Å². The summed E-state index contributed by atoms with van der Waals surface area (Å²) in [5.74, 6) is -0.767. The number of oxazole rings is 1. The van der Waals surface area contributed by atoms with Crippen LogP contribution in [0.15, 0.2) is 51.9 Å². The van der Waals surface area contributed by atoms with Crippen LogP contribution in [0, 0.1) is 0 Å². The van der Waals surface area contributed by atoms with Crippen molar-refractivity contribution in [3.8, 4) is 0 Å². The van der Waals surface area contributed by atoms with Gasteiger partial charge in [0.1, 0.15) is 0 Å². The van der Waals surface area contributed by atoms with Gasteiger partial charge in [0.2, 0.25) is 0 Å². The highest BCUT2D eigenvalue weighted by Crippen LogP contribution is 2.16. The molecule has 3 heterocycles. The third-order valence-electron chi connectivity index (χ3n) is 4.43. The number of carbonyl (C=O) groups is 2. The Balaban J connectivity index is 1.44. The first-order chi connectivity index (χ1) is 12.6. The van der Waals surface area contributed by atoms with Crippen LogP contribution in [0.1, 0.15) is 20.7 Å². The van der Waals surface area contributed by atoms with Crippen molar-refractivity contribution in [3.63, 3.8) is 0 Å². The first-order valence-electron chi connectivity index (χ1n) is 8.23. The van der Waals surface area contributed by atoms with Crippen LogP contribution in [0.3, 0.4) is 0 Å². The Morgan fingerprint density at radius 1 is 1.00 bits per heavy atom. The topological polar surface area (TPSA) is 99.5 Å². The van der Waals surface area contributed by atoms with Crippen molar-refractivity contribution in [2.75, 3.05) is 26.2 Å². The van der Waals surface area contributed by atoms with Crippen LogP contribution >= 0.6 is 0 Å². The van der Waals surface area contributed by atoms with E-state index in [1.807, 2.05) is 0 Å². The number of aromatic amines is 1. The molecule has 1 saturated heterocycles. The number of pyridine rings is 1. The van der Waals surface area contributed by atoms with Crippen molar-refractivity contribution in [1.82, 2.24) is 19.8 Å². The van der Waals surface area contributed by atoms with E-state index in [-0.39, 0.29) is 11.8 Å². The van der Waals surface area contributed by atoms with Crippen molar-refractivity contribution in [1.29, 1.82) is 0 Å². The molecule has 1 aliphatic rings. The van der Waals surface area contributed by atoms with E-state index in [0.717, 1.165) is 0 Å². The van der Waals surface area contributed by atoms with Gasteiger partial charge in [-0.05, 0) is 30.3 Å². The van der Waals surface area contributed by atoms with Gasteiger partial charge >= 0.3 is 5.76 Å². The second-order valence-electron chi connectivity index (χ2n) is 6.05. The Bertz CT molecular complexity index is 1020. The molecule has 1 fully saturated rings. The highest BCUT2D eigenvalue weighted by Gasteiger charge is 2.25. The van der Waals surface area contributed by atoms with Gasteiger partial charge in [0.25, 0.3) is 11.8 Å².